The molecular weight excluding hydrogens is 462 g/mol. The first-order valence-corrected chi connectivity index (χ1v) is 13.6. The molecule has 3 aromatic rings. The number of rotatable bonds is 9. The number of hydrogen-bond acceptors (Lipinski definition) is 5. The van der Waals surface area contributed by atoms with Gasteiger partial charge in [0.2, 0.25) is 0 Å². The van der Waals surface area contributed by atoms with E-state index in [4.69, 9.17) is 10.5 Å². The normalized spacial score (nSPS) is 18.1. The predicted octanol–water partition coefficient (Wildman–Crippen LogP) is 5.50. The van der Waals surface area contributed by atoms with Crippen LogP contribution in [0, 0.1) is 13.8 Å². The van der Waals surface area contributed by atoms with Crippen LogP contribution in [0.1, 0.15) is 74.2 Å². The van der Waals surface area contributed by atoms with Gasteiger partial charge in [0.15, 0.2) is 6.23 Å². The van der Waals surface area contributed by atoms with Crippen molar-refractivity contribution in [3.8, 4) is 11.3 Å². The second kappa shape index (κ2) is 10.6. The fourth-order valence-corrected chi connectivity index (χ4v) is 5.91. The molecule has 3 N–H and O–H groups in total. The van der Waals surface area contributed by atoms with Gasteiger partial charge >= 0.3 is 0 Å². The summed E-state index contributed by atoms with van der Waals surface area (Å²) in [5.74, 6) is -0.128. The van der Waals surface area contributed by atoms with Gasteiger partial charge in [-0.2, -0.15) is 0 Å². The number of fused-ring (bicyclic) bond motifs is 1. The molecule has 2 aliphatic heterocycles. The van der Waals surface area contributed by atoms with E-state index in [1.54, 1.807) is 0 Å². The molecule has 0 radical (unpaired) electrons. The lowest BCUT2D eigenvalue weighted by Gasteiger charge is -2.27. The molecule has 0 spiro atoms. The van der Waals surface area contributed by atoms with E-state index < -0.39 is 5.91 Å². The average Bonchev–Trinajstić information content (AvgIpc) is 3.59. The summed E-state index contributed by atoms with van der Waals surface area (Å²) >= 11 is 0. The summed E-state index contributed by atoms with van der Waals surface area (Å²) in [5.41, 5.74) is 13.9. The first-order valence-electron chi connectivity index (χ1n) is 13.6. The molecule has 37 heavy (non-hydrogen) atoms. The highest BCUT2D eigenvalue weighted by Crippen LogP contribution is 2.39. The molecule has 1 fully saturated rings. The van der Waals surface area contributed by atoms with Crippen molar-refractivity contribution >= 4 is 16.8 Å². The number of unbranched alkanes of at least 4 members (excludes halogenated alkanes) is 1. The van der Waals surface area contributed by atoms with Crippen molar-refractivity contribution in [1.82, 2.24) is 19.8 Å². The summed E-state index contributed by atoms with van der Waals surface area (Å²) < 4.78 is 6.06. The maximum Gasteiger partial charge on any atom is 0.268 e. The van der Waals surface area contributed by atoms with E-state index in [9.17, 15) is 4.79 Å². The molecule has 7 heteroatoms. The van der Waals surface area contributed by atoms with Crippen LogP contribution in [0.5, 0.6) is 0 Å². The number of aromatic amines is 1. The number of nitrogens with two attached hydrogens (primary N) is 1. The van der Waals surface area contributed by atoms with Crippen molar-refractivity contribution in [2.45, 2.75) is 65.5 Å². The number of H-pyrrole nitrogens is 1. The number of ether oxygens (including phenoxy) is 1. The number of carbonyl (C=O) groups is 1. The number of nitrogens with zero attached hydrogens (tertiary/aromatic N) is 3. The molecule has 1 amide bonds. The van der Waals surface area contributed by atoms with E-state index in [2.05, 4.69) is 59.0 Å². The number of nitrogens with one attached hydrogen (secondary N) is 1. The van der Waals surface area contributed by atoms with Crippen molar-refractivity contribution in [2.75, 3.05) is 26.2 Å². The number of aryl methyl sites for hydroxylation is 2. The van der Waals surface area contributed by atoms with Crippen LogP contribution in [0.15, 0.2) is 42.3 Å². The van der Waals surface area contributed by atoms with Gasteiger partial charge < -0.3 is 25.3 Å². The summed E-state index contributed by atoms with van der Waals surface area (Å²) in [4.78, 5) is 25.0. The number of likely N-dealkylation sites (tertiary alicyclic amines) is 1. The van der Waals surface area contributed by atoms with Gasteiger partial charge in [0.1, 0.15) is 12.0 Å². The van der Waals surface area contributed by atoms with E-state index in [0.29, 0.717) is 11.6 Å². The van der Waals surface area contributed by atoms with Crippen molar-refractivity contribution in [1.29, 1.82) is 0 Å². The lowest BCUT2D eigenvalue weighted by atomic mass is 9.95. The van der Waals surface area contributed by atoms with Crippen molar-refractivity contribution in [2.24, 2.45) is 5.73 Å². The lowest BCUT2D eigenvalue weighted by Crippen LogP contribution is -2.32. The van der Waals surface area contributed by atoms with Gasteiger partial charge in [-0.25, -0.2) is 0 Å². The van der Waals surface area contributed by atoms with Crippen LogP contribution in [-0.4, -0.2) is 51.9 Å². The first-order chi connectivity index (χ1) is 17.8. The molecule has 7 nitrogen and oxygen atoms in total. The minimum atomic E-state index is -0.446. The molecule has 1 unspecified atom stereocenters. The largest absolute Gasteiger partial charge is 0.471 e. The molecule has 1 saturated heterocycles. The topological polar surface area (TPSA) is 87.5 Å². The number of pyridine rings is 1. The average molecular weight is 502 g/mol. The number of carbonyl (C=O) groups excluding carboxylic acids is 1. The summed E-state index contributed by atoms with van der Waals surface area (Å²) in [5, 5.41) is 1.18. The standard InChI is InChI=1S/C30H39N5O2/c1-19(2)27-24-17-22(9-10-25(24)33-28(27)23-15-20(3)32-21(4)16-23)30-35(26(18-37-30)29(31)36)14-8-7-13-34-11-5-6-12-34/h9-10,15-19,30,33H,5-8,11-14H2,1-4H3,(H2,31,36). The molecule has 1 aromatic carbocycles. The number of amides is 1. The highest BCUT2D eigenvalue weighted by Gasteiger charge is 2.32. The minimum Gasteiger partial charge on any atom is -0.471 e. The monoisotopic (exact) mass is 501 g/mol. The molecule has 0 saturated carbocycles. The Bertz CT molecular complexity index is 1300. The van der Waals surface area contributed by atoms with Crippen LogP contribution < -0.4 is 5.73 Å². The second-order valence-corrected chi connectivity index (χ2v) is 10.8. The molecule has 0 bridgehead atoms. The molecule has 2 aliphatic rings. The molecule has 196 valence electrons. The van der Waals surface area contributed by atoms with Gasteiger partial charge in [0, 0.05) is 40.0 Å². The van der Waals surface area contributed by atoms with Crippen molar-refractivity contribution in [3.05, 3.63) is 64.8 Å². The van der Waals surface area contributed by atoms with Gasteiger partial charge in [-0.3, -0.25) is 9.78 Å². The number of primary amides is 1. The van der Waals surface area contributed by atoms with Gasteiger partial charge in [-0.05, 0) is 94.9 Å². The first kappa shape index (κ1) is 25.3. The van der Waals surface area contributed by atoms with E-state index in [-0.39, 0.29) is 6.23 Å². The SMILES string of the molecule is Cc1cc(-c2[nH]c3ccc(C4OC=C(C(N)=O)N4CCCCN4CCCC4)cc3c2C(C)C)cc(C)n1. The maximum atomic E-state index is 12.2. The van der Waals surface area contributed by atoms with Crippen LogP contribution in [0.25, 0.3) is 22.2 Å². The van der Waals surface area contributed by atoms with Gasteiger partial charge in [-0.15, -0.1) is 0 Å². The van der Waals surface area contributed by atoms with Gasteiger partial charge in [0.05, 0.1) is 5.69 Å². The van der Waals surface area contributed by atoms with E-state index in [1.165, 1.54) is 43.1 Å². The Labute approximate surface area is 219 Å². The third kappa shape index (κ3) is 5.23. The third-order valence-electron chi connectivity index (χ3n) is 7.57. The summed E-state index contributed by atoms with van der Waals surface area (Å²) in [6, 6.07) is 10.7. The van der Waals surface area contributed by atoms with Crippen LogP contribution in [0.3, 0.4) is 0 Å². The highest BCUT2D eigenvalue weighted by atomic mass is 16.5. The Morgan fingerprint density at radius 2 is 1.81 bits per heavy atom. The number of aromatic nitrogens is 2. The predicted molar refractivity (Wildman–Crippen MR) is 148 cm³/mol. The molecule has 0 aliphatic carbocycles. The summed E-state index contributed by atoms with van der Waals surface area (Å²) in [6.45, 7) is 12.8. The van der Waals surface area contributed by atoms with Gasteiger partial charge in [0.25, 0.3) is 5.91 Å². The minimum absolute atomic E-state index is 0.318. The smallest absolute Gasteiger partial charge is 0.268 e. The zero-order chi connectivity index (χ0) is 26.1. The van der Waals surface area contributed by atoms with Crippen LogP contribution >= 0.6 is 0 Å². The molecule has 1 atom stereocenters. The van der Waals surface area contributed by atoms with Gasteiger partial charge in [-0.1, -0.05) is 19.9 Å². The Morgan fingerprint density at radius 1 is 1.11 bits per heavy atom. The Morgan fingerprint density at radius 3 is 2.49 bits per heavy atom. The lowest BCUT2D eigenvalue weighted by molar-refractivity contribution is -0.116. The molecule has 2 aromatic heterocycles. The zero-order valence-corrected chi connectivity index (χ0v) is 22.5. The Kier molecular flexibility index (Phi) is 7.24. The fraction of sp³-hybridized carbons (Fsp3) is 0.467. The van der Waals surface area contributed by atoms with Crippen LogP contribution in [-0.2, 0) is 9.53 Å². The number of benzene rings is 1. The fourth-order valence-electron chi connectivity index (χ4n) is 5.91. The third-order valence-corrected chi connectivity index (χ3v) is 7.57. The highest BCUT2D eigenvalue weighted by molar-refractivity contribution is 5.93. The number of hydrogen-bond donors (Lipinski definition) is 2. The quantitative estimate of drug-likeness (QED) is 0.378. The zero-order valence-electron chi connectivity index (χ0n) is 22.5. The van der Waals surface area contributed by atoms with E-state index in [0.717, 1.165) is 59.7 Å². The molecule has 4 heterocycles. The molecule has 5 rings (SSSR count). The maximum absolute atomic E-state index is 12.2. The van der Waals surface area contributed by atoms with Crippen LogP contribution in [0.2, 0.25) is 0 Å². The van der Waals surface area contributed by atoms with Crippen molar-refractivity contribution in [3.63, 3.8) is 0 Å². The van der Waals surface area contributed by atoms with Crippen molar-refractivity contribution < 1.29 is 9.53 Å². The van der Waals surface area contributed by atoms with E-state index >= 15 is 0 Å². The summed E-state index contributed by atoms with van der Waals surface area (Å²) in [6.07, 6.45) is 5.86. The second-order valence-electron chi connectivity index (χ2n) is 10.8. The van der Waals surface area contributed by atoms with E-state index in [1.807, 2.05) is 18.7 Å². The van der Waals surface area contributed by atoms with Crippen LogP contribution in [0.4, 0.5) is 0 Å². The Balaban J connectivity index is 1.43. The summed E-state index contributed by atoms with van der Waals surface area (Å²) in [7, 11) is 0. The molecular formula is C30H39N5O2. The Hall–Kier alpha value is -3.32.